The third-order valence-electron chi connectivity index (χ3n) is 3.10. The molecule has 0 aromatic carbocycles. The molecule has 0 bridgehead atoms. The lowest BCUT2D eigenvalue weighted by Gasteiger charge is -2.20. The minimum absolute atomic E-state index is 0.0693. The molecule has 72 valence electrons. The third kappa shape index (κ3) is 1.04. The highest BCUT2D eigenvalue weighted by molar-refractivity contribution is 5.65. The van der Waals surface area contributed by atoms with Crippen molar-refractivity contribution >= 4 is 6.09 Å². The van der Waals surface area contributed by atoms with Gasteiger partial charge in [-0.05, 0) is 0 Å². The van der Waals surface area contributed by atoms with Gasteiger partial charge in [0, 0.05) is 12.5 Å². The van der Waals surface area contributed by atoms with E-state index in [1.807, 2.05) is 0 Å². The summed E-state index contributed by atoms with van der Waals surface area (Å²) >= 11 is 0. The molecule has 0 spiro atoms. The number of ether oxygens (including phenoxy) is 2. The van der Waals surface area contributed by atoms with E-state index in [-0.39, 0.29) is 24.2 Å². The van der Waals surface area contributed by atoms with Crippen molar-refractivity contribution in [2.75, 3.05) is 19.7 Å². The van der Waals surface area contributed by atoms with Gasteiger partial charge >= 0.3 is 6.09 Å². The second-order valence-corrected chi connectivity index (χ2v) is 3.86. The number of likely N-dealkylation sites (tertiary alicyclic amines) is 1. The first-order valence-corrected chi connectivity index (χ1v) is 4.50. The normalized spacial score (nSPS) is 46.9. The van der Waals surface area contributed by atoms with Gasteiger partial charge in [-0.25, -0.2) is 4.79 Å². The number of carbonyl (C=O) groups is 1. The molecule has 1 N–H and O–H groups in total. The number of hydrogen-bond donors (Lipinski definition) is 1. The highest BCUT2D eigenvalue weighted by Gasteiger charge is 2.56. The predicted molar refractivity (Wildman–Crippen MR) is 41.5 cm³/mol. The van der Waals surface area contributed by atoms with Gasteiger partial charge in [-0.3, -0.25) is 0 Å². The molecule has 3 fully saturated rings. The van der Waals surface area contributed by atoms with Crippen LogP contribution in [0.15, 0.2) is 0 Å². The van der Waals surface area contributed by atoms with Crippen LogP contribution in [0.4, 0.5) is 4.79 Å². The van der Waals surface area contributed by atoms with Crippen molar-refractivity contribution in [3.05, 3.63) is 0 Å². The Morgan fingerprint density at radius 2 is 2.23 bits per heavy atom. The van der Waals surface area contributed by atoms with Gasteiger partial charge in [0.25, 0.3) is 0 Å². The molecule has 0 saturated carbocycles. The first-order valence-electron chi connectivity index (χ1n) is 4.50. The van der Waals surface area contributed by atoms with Gasteiger partial charge in [-0.1, -0.05) is 0 Å². The summed E-state index contributed by atoms with van der Waals surface area (Å²) in [5.41, 5.74) is 0. The van der Waals surface area contributed by atoms with Crippen molar-refractivity contribution in [3.8, 4) is 0 Å². The van der Waals surface area contributed by atoms with Crippen LogP contribution >= 0.6 is 0 Å². The van der Waals surface area contributed by atoms with Crippen LogP contribution in [-0.2, 0) is 9.47 Å². The van der Waals surface area contributed by atoms with E-state index in [1.165, 1.54) is 4.90 Å². The predicted octanol–water partition coefficient (Wildman–Crippen LogP) is -0.238. The molecule has 0 unspecified atom stereocenters. The summed E-state index contributed by atoms with van der Waals surface area (Å²) in [7, 11) is 0. The quantitative estimate of drug-likeness (QED) is 0.529. The molecule has 3 aliphatic rings. The largest absolute Gasteiger partial charge is 0.465 e. The van der Waals surface area contributed by atoms with Crippen LogP contribution in [0.25, 0.3) is 0 Å². The first kappa shape index (κ1) is 7.58. The summed E-state index contributed by atoms with van der Waals surface area (Å²) in [6.07, 6.45) is -0.270. The Balaban J connectivity index is 1.75. The summed E-state index contributed by atoms with van der Waals surface area (Å²) < 4.78 is 10.9. The van der Waals surface area contributed by atoms with Crippen LogP contribution in [0.1, 0.15) is 0 Å². The molecule has 0 aromatic heterocycles. The molecule has 3 heterocycles. The molecule has 3 saturated heterocycles. The molecule has 5 nitrogen and oxygen atoms in total. The number of epoxide rings is 1. The van der Waals surface area contributed by atoms with Gasteiger partial charge in [0.1, 0.15) is 6.10 Å². The smallest absolute Gasteiger partial charge is 0.407 e. The standard InChI is InChI=1S/C8H11NO4/c10-8(11)9-1-4-5(2-9)12-3-6-7(4)13-6/h4-7H,1-3H2,(H,10,11)/t4-,5-,6+,7-/m0/s1. The molecule has 3 aliphatic heterocycles. The Bertz CT molecular complexity index is 257. The summed E-state index contributed by atoms with van der Waals surface area (Å²) in [6.45, 7) is 1.72. The molecule has 0 radical (unpaired) electrons. The maximum Gasteiger partial charge on any atom is 0.407 e. The number of amides is 1. The van der Waals surface area contributed by atoms with Crippen molar-refractivity contribution < 1.29 is 19.4 Å². The van der Waals surface area contributed by atoms with Crippen molar-refractivity contribution in [3.63, 3.8) is 0 Å². The number of carboxylic acid groups (broad SMARTS) is 1. The molecular formula is C8H11NO4. The summed E-state index contributed by atoms with van der Waals surface area (Å²) in [5, 5.41) is 8.79. The van der Waals surface area contributed by atoms with Crippen LogP contribution in [0.2, 0.25) is 0 Å². The SMILES string of the molecule is O=C(O)N1C[C@@H]2[C@@H]3O[C@@H]3CO[C@H]2C1. The molecule has 5 heteroatoms. The van der Waals surface area contributed by atoms with Crippen molar-refractivity contribution in [2.45, 2.75) is 18.3 Å². The molecule has 0 aromatic rings. The fraction of sp³-hybridized carbons (Fsp3) is 0.875. The summed E-state index contributed by atoms with van der Waals surface area (Å²) in [4.78, 5) is 12.1. The van der Waals surface area contributed by atoms with Crippen LogP contribution in [0.3, 0.4) is 0 Å². The van der Waals surface area contributed by atoms with E-state index in [0.29, 0.717) is 19.7 Å². The maximum atomic E-state index is 10.7. The summed E-state index contributed by atoms with van der Waals surface area (Å²) in [6, 6.07) is 0. The average molecular weight is 185 g/mol. The Labute approximate surface area is 75.2 Å². The van der Waals surface area contributed by atoms with Gasteiger partial charge < -0.3 is 19.5 Å². The number of rotatable bonds is 0. The molecular weight excluding hydrogens is 174 g/mol. The fourth-order valence-electron chi connectivity index (χ4n) is 2.33. The second-order valence-electron chi connectivity index (χ2n) is 3.86. The minimum atomic E-state index is -0.852. The zero-order chi connectivity index (χ0) is 9.00. The molecule has 1 amide bonds. The zero-order valence-corrected chi connectivity index (χ0v) is 7.05. The van der Waals surface area contributed by atoms with Crippen molar-refractivity contribution in [2.24, 2.45) is 5.92 Å². The van der Waals surface area contributed by atoms with Gasteiger partial charge in [0.05, 0.1) is 25.4 Å². The average Bonchev–Trinajstić information content (AvgIpc) is 2.76. The Kier molecular flexibility index (Phi) is 1.38. The van der Waals surface area contributed by atoms with Gasteiger partial charge in [0.2, 0.25) is 0 Å². The van der Waals surface area contributed by atoms with E-state index < -0.39 is 6.09 Å². The second kappa shape index (κ2) is 2.36. The van der Waals surface area contributed by atoms with E-state index in [9.17, 15) is 4.79 Å². The number of hydrogen-bond acceptors (Lipinski definition) is 3. The van der Waals surface area contributed by atoms with Crippen LogP contribution in [0.5, 0.6) is 0 Å². The highest BCUT2D eigenvalue weighted by Crippen LogP contribution is 2.40. The van der Waals surface area contributed by atoms with Crippen LogP contribution in [0, 0.1) is 5.92 Å². The van der Waals surface area contributed by atoms with Crippen molar-refractivity contribution in [1.82, 2.24) is 4.90 Å². The fourth-order valence-corrected chi connectivity index (χ4v) is 2.33. The maximum absolute atomic E-state index is 10.7. The van der Waals surface area contributed by atoms with E-state index in [2.05, 4.69) is 0 Å². The third-order valence-corrected chi connectivity index (χ3v) is 3.10. The Hall–Kier alpha value is -0.810. The lowest BCUT2D eigenvalue weighted by atomic mass is 9.98. The van der Waals surface area contributed by atoms with E-state index in [4.69, 9.17) is 14.6 Å². The van der Waals surface area contributed by atoms with Gasteiger partial charge in [-0.15, -0.1) is 0 Å². The minimum Gasteiger partial charge on any atom is -0.465 e. The topological polar surface area (TPSA) is 62.3 Å². The van der Waals surface area contributed by atoms with Crippen molar-refractivity contribution in [1.29, 1.82) is 0 Å². The monoisotopic (exact) mass is 185 g/mol. The van der Waals surface area contributed by atoms with E-state index >= 15 is 0 Å². The highest BCUT2D eigenvalue weighted by atomic mass is 16.6. The number of fused-ring (bicyclic) bond motifs is 3. The van der Waals surface area contributed by atoms with Gasteiger partial charge in [-0.2, -0.15) is 0 Å². The Morgan fingerprint density at radius 1 is 1.38 bits per heavy atom. The van der Waals surface area contributed by atoms with E-state index in [0.717, 1.165) is 0 Å². The van der Waals surface area contributed by atoms with E-state index in [1.54, 1.807) is 0 Å². The molecule has 4 atom stereocenters. The Morgan fingerprint density at radius 3 is 3.00 bits per heavy atom. The lowest BCUT2D eigenvalue weighted by molar-refractivity contribution is 0.0154. The summed E-state index contributed by atoms with van der Waals surface area (Å²) in [5.74, 6) is 0.273. The lowest BCUT2D eigenvalue weighted by Crippen LogP contribution is -2.34. The van der Waals surface area contributed by atoms with Crippen LogP contribution < -0.4 is 0 Å². The van der Waals surface area contributed by atoms with Crippen LogP contribution in [-0.4, -0.2) is 54.1 Å². The zero-order valence-electron chi connectivity index (χ0n) is 7.05. The van der Waals surface area contributed by atoms with Gasteiger partial charge in [0.15, 0.2) is 0 Å². The number of nitrogens with zero attached hydrogens (tertiary/aromatic N) is 1. The molecule has 3 rings (SSSR count). The molecule has 0 aliphatic carbocycles. The molecule has 13 heavy (non-hydrogen) atoms. The first-order chi connectivity index (χ1) is 6.25.